The smallest absolute Gasteiger partial charge is 0.319 e. The quantitative estimate of drug-likeness (QED) is 0.623. The van der Waals surface area contributed by atoms with Crippen LogP contribution in [-0.2, 0) is 20.9 Å². The summed E-state index contributed by atoms with van der Waals surface area (Å²) in [6.07, 6.45) is 0.525. The fraction of sp³-hybridized carbons (Fsp3) is 0.500. The summed E-state index contributed by atoms with van der Waals surface area (Å²) in [7, 11) is 0. The number of ether oxygens (including phenoxy) is 1. The average molecular weight is 275 g/mol. The second kappa shape index (κ2) is 6.18. The molecule has 1 aliphatic heterocycles. The predicted octanol–water partition coefficient (Wildman–Crippen LogP) is 2.03. The molecule has 4 nitrogen and oxygen atoms in total. The van der Waals surface area contributed by atoms with Crippen molar-refractivity contribution in [2.24, 2.45) is 5.41 Å². The molecule has 1 atom stereocenters. The van der Waals surface area contributed by atoms with E-state index in [1.807, 2.05) is 30.3 Å². The lowest BCUT2D eigenvalue weighted by Crippen LogP contribution is -2.50. The zero-order chi connectivity index (χ0) is 14.6. The van der Waals surface area contributed by atoms with E-state index in [1.54, 1.807) is 13.8 Å². The second-order valence-corrected chi connectivity index (χ2v) is 5.42. The summed E-state index contributed by atoms with van der Waals surface area (Å²) < 4.78 is 5.03. The number of rotatable bonds is 4. The summed E-state index contributed by atoms with van der Waals surface area (Å²) in [5.41, 5.74) is 0.212. The highest BCUT2D eigenvalue weighted by atomic mass is 16.5. The van der Waals surface area contributed by atoms with Crippen LogP contribution in [0.4, 0.5) is 0 Å². The number of hydrogen-bond acceptors (Lipinski definition) is 4. The number of carbonyl (C=O) groups excluding carboxylic acids is 2. The maximum atomic E-state index is 12.3. The van der Waals surface area contributed by atoms with Crippen molar-refractivity contribution >= 4 is 11.8 Å². The molecule has 2 rings (SSSR count). The van der Waals surface area contributed by atoms with Gasteiger partial charge in [0.05, 0.1) is 13.2 Å². The molecule has 0 radical (unpaired) electrons. The van der Waals surface area contributed by atoms with Gasteiger partial charge in [0.15, 0.2) is 5.78 Å². The minimum atomic E-state index is -0.969. The van der Waals surface area contributed by atoms with Gasteiger partial charge in [0.1, 0.15) is 5.41 Å². The van der Waals surface area contributed by atoms with E-state index in [0.717, 1.165) is 13.1 Å². The van der Waals surface area contributed by atoms with E-state index in [9.17, 15) is 9.59 Å². The third kappa shape index (κ3) is 3.07. The highest BCUT2D eigenvalue weighted by Crippen LogP contribution is 2.30. The van der Waals surface area contributed by atoms with Crippen LogP contribution in [0, 0.1) is 5.41 Å². The van der Waals surface area contributed by atoms with Crippen LogP contribution in [0.2, 0.25) is 0 Å². The van der Waals surface area contributed by atoms with E-state index < -0.39 is 5.41 Å². The first-order valence-corrected chi connectivity index (χ1v) is 7.03. The third-order valence-corrected chi connectivity index (χ3v) is 3.89. The molecule has 0 aliphatic carbocycles. The molecule has 1 heterocycles. The lowest BCUT2D eigenvalue weighted by atomic mass is 9.79. The molecule has 1 aromatic rings. The molecule has 0 bridgehead atoms. The molecular weight excluding hydrogens is 254 g/mol. The molecule has 108 valence electrons. The molecule has 0 amide bonds. The third-order valence-electron chi connectivity index (χ3n) is 3.89. The largest absolute Gasteiger partial charge is 0.465 e. The van der Waals surface area contributed by atoms with Gasteiger partial charge in [0.2, 0.25) is 0 Å². The molecule has 0 saturated carbocycles. The number of likely N-dealkylation sites (tertiary alicyclic amines) is 1. The minimum absolute atomic E-state index is 0.0434. The van der Waals surface area contributed by atoms with E-state index in [1.165, 1.54) is 5.56 Å². The molecule has 0 unspecified atom stereocenters. The van der Waals surface area contributed by atoms with E-state index in [0.29, 0.717) is 19.6 Å². The predicted molar refractivity (Wildman–Crippen MR) is 76.1 cm³/mol. The highest BCUT2D eigenvalue weighted by molar-refractivity contribution is 6.04. The van der Waals surface area contributed by atoms with E-state index in [-0.39, 0.29) is 11.8 Å². The van der Waals surface area contributed by atoms with Gasteiger partial charge < -0.3 is 4.74 Å². The van der Waals surface area contributed by atoms with Gasteiger partial charge in [-0.25, -0.2) is 0 Å². The minimum Gasteiger partial charge on any atom is -0.465 e. The number of esters is 1. The number of hydrogen-bond donors (Lipinski definition) is 0. The second-order valence-electron chi connectivity index (χ2n) is 5.42. The van der Waals surface area contributed by atoms with Crippen LogP contribution in [0.15, 0.2) is 30.3 Å². The SMILES string of the molecule is CCOC(=O)[C@]1(C)CCN(Cc2ccccc2)CC1=O. The van der Waals surface area contributed by atoms with Gasteiger partial charge >= 0.3 is 5.97 Å². The number of carbonyl (C=O) groups is 2. The topological polar surface area (TPSA) is 46.6 Å². The van der Waals surface area contributed by atoms with E-state index in [2.05, 4.69) is 4.90 Å². The van der Waals surface area contributed by atoms with Gasteiger partial charge in [0.25, 0.3) is 0 Å². The van der Waals surface area contributed by atoms with Gasteiger partial charge in [-0.2, -0.15) is 0 Å². The molecule has 1 fully saturated rings. The first kappa shape index (κ1) is 14.7. The van der Waals surface area contributed by atoms with Crippen molar-refractivity contribution in [3.05, 3.63) is 35.9 Å². The van der Waals surface area contributed by atoms with Crippen molar-refractivity contribution in [3.8, 4) is 0 Å². The van der Waals surface area contributed by atoms with Crippen LogP contribution in [0.5, 0.6) is 0 Å². The van der Waals surface area contributed by atoms with Crippen LogP contribution >= 0.6 is 0 Å². The Balaban J connectivity index is 1.99. The maximum absolute atomic E-state index is 12.3. The van der Waals surface area contributed by atoms with Crippen LogP contribution in [-0.4, -0.2) is 36.3 Å². The van der Waals surface area contributed by atoms with Gasteiger partial charge in [-0.1, -0.05) is 30.3 Å². The molecule has 0 spiro atoms. The Bertz CT molecular complexity index is 486. The normalized spacial score (nSPS) is 23.6. The average Bonchev–Trinajstić information content (AvgIpc) is 2.44. The fourth-order valence-electron chi connectivity index (χ4n) is 2.46. The summed E-state index contributed by atoms with van der Waals surface area (Å²) in [4.78, 5) is 26.3. The molecule has 1 aliphatic rings. The van der Waals surface area contributed by atoms with Gasteiger partial charge in [-0.3, -0.25) is 14.5 Å². The molecule has 4 heteroatoms. The first-order valence-electron chi connectivity index (χ1n) is 7.03. The zero-order valence-corrected chi connectivity index (χ0v) is 12.1. The number of benzene rings is 1. The van der Waals surface area contributed by atoms with Crippen LogP contribution in [0.3, 0.4) is 0 Å². The first-order chi connectivity index (χ1) is 9.56. The van der Waals surface area contributed by atoms with E-state index in [4.69, 9.17) is 4.74 Å². The van der Waals surface area contributed by atoms with Crippen molar-refractivity contribution in [2.45, 2.75) is 26.8 Å². The van der Waals surface area contributed by atoms with Crippen molar-refractivity contribution in [3.63, 3.8) is 0 Å². The van der Waals surface area contributed by atoms with Crippen molar-refractivity contribution in [2.75, 3.05) is 19.7 Å². The van der Waals surface area contributed by atoms with Gasteiger partial charge in [-0.05, 0) is 25.8 Å². The Morgan fingerprint density at radius 3 is 2.65 bits per heavy atom. The van der Waals surface area contributed by atoms with Gasteiger partial charge in [-0.15, -0.1) is 0 Å². The molecule has 1 aromatic carbocycles. The Morgan fingerprint density at radius 2 is 2.05 bits per heavy atom. The Hall–Kier alpha value is -1.68. The highest BCUT2D eigenvalue weighted by Gasteiger charge is 2.45. The van der Waals surface area contributed by atoms with Crippen molar-refractivity contribution in [1.82, 2.24) is 4.90 Å². The standard InChI is InChI=1S/C16H21NO3/c1-3-20-15(19)16(2)9-10-17(12-14(16)18)11-13-7-5-4-6-8-13/h4-8H,3,9-12H2,1-2H3/t16-/m1/s1. The van der Waals surface area contributed by atoms with Crippen molar-refractivity contribution in [1.29, 1.82) is 0 Å². The number of ketones is 1. The van der Waals surface area contributed by atoms with Crippen LogP contribution < -0.4 is 0 Å². The zero-order valence-electron chi connectivity index (χ0n) is 12.1. The molecule has 20 heavy (non-hydrogen) atoms. The number of nitrogens with zero attached hydrogens (tertiary/aromatic N) is 1. The molecule has 0 N–H and O–H groups in total. The fourth-order valence-corrected chi connectivity index (χ4v) is 2.46. The summed E-state index contributed by atoms with van der Waals surface area (Å²) in [5, 5.41) is 0. The molecule has 1 saturated heterocycles. The maximum Gasteiger partial charge on any atom is 0.319 e. The molecular formula is C16H21NO3. The monoisotopic (exact) mass is 275 g/mol. The van der Waals surface area contributed by atoms with Crippen molar-refractivity contribution < 1.29 is 14.3 Å². The van der Waals surface area contributed by atoms with Crippen LogP contribution in [0.1, 0.15) is 25.8 Å². The molecule has 0 aromatic heterocycles. The Labute approximate surface area is 119 Å². The Kier molecular flexibility index (Phi) is 4.55. The summed E-state index contributed by atoms with van der Waals surface area (Å²) in [6.45, 7) is 5.56. The van der Waals surface area contributed by atoms with Crippen LogP contribution in [0.25, 0.3) is 0 Å². The van der Waals surface area contributed by atoms with Gasteiger partial charge in [0, 0.05) is 13.1 Å². The Morgan fingerprint density at radius 1 is 1.35 bits per heavy atom. The number of Topliss-reactive ketones (excluding diaryl/α,β-unsaturated/α-hetero) is 1. The summed E-state index contributed by atoms with van der Waals surface area (Å²) in [6, 6.07) is 10.0. The lowest BCUT2D eigenvalue weighted by Gasteiger charge is -2.36. The summed E-state index contributed by atoms with van der Waals surface area (Å²) >= 11 is 0. The summed E-state index contributed by atoms with van der Waals surface area (Å²) in [5.74, 6) is -0.428. The lowest BCUT2D eigenvalue weighted by molar-refractivity contribution is -0.162. The number of piperidine rings is 1. The van der Waals surface area contributed by atoms with E-state index >= 15 is 0 Å².